The van der Waals surface area contributed by atoms with Crippen LogP contribution in [-0.2, 0) is 23.3 Å². The van der Waals surface area contributed by atoms with Crippen molar-refractivity contribution in [3.05, 3.63) is 40.3 Å². The Morgan fingerprint density at radius 1 is 1.25 bits per heavy atom. The molecule has 0 bridgehead atoms. The second-order valence-electron chi connectivity index (χ2n) is 5.60. The van der Waals surface area contributed by atoms with Crippen LogP contribution in [0, 0.1) is 0 Å². The summed E-state index contributed by atoms with van der Waals surface area (Å²) in [7, 11) is -3.77. The number of rotatable bonds is 2. The van der Waals surface area contributed by atoms with Crippen molar-refractivity contribution in [2.24, 2.45) is 5.14 Å². The zero-order valence-electron chi connectivity index (χ0n) is 12.3. The van der Waals surface area contributed by atoms with Crippen LogP contribution in [0.5, 0.6) is 0 Å². The minimum absolute atomic E-state index is 0.169. The smallest absolute Gasteiger partial charge is 0.277 e. The highest BCUT2D eigenvalue weighted by molar-refractivity contribution is 7.86. The Bertz CT molecular complexity index is 1040. The Morgan fingerprint density at radius 2 is 2.04 bits per heavy atom. The molecule has 0 unspecified atom stereocenters. The molecule has 7 nitrogen and oxygen atoms in total. The summed E-state index contributed by atoms with van der Waals surface area (Å²) in [4.78, 5) is 0. The first-order chi connectivity index (χ1) is 11.4. The maximum Gasteiger partial charge on any atom is 0.277 e. The van der Waals surface area contributed by atoms with Crippen LogP contribution in [0.4, 0.5) is 0 Å². The van der Waals surface area contributed by atoms with Gasteiger partial charge in [0.05, 0.1) is 28.3 Å². The summed E-state index contributed by atoms with van der Waals surface area (Å²) < 4.78 is 26.8. The molecule has 0 saturated heterocycles. The highest BCUT2D eigenvalue weighted by Crippen LogP contribution is 2.42. The lowest BCUT2D eigenvalue weighted by Crippen LogP contribution is -2.41. The van der Waals surface area contributed by atoms with Crippen molar-refractivity contribution in [3.8, 4) is 11.1 Å². The van der Waals surface area contributed by atoms with E-state index in [9.17, 15) is 8.42 Å². The van der Waals surface area contributed by atoms with E-state index in [1.54, 1.807) is 18.5 Å². The van der Waals surface area contributed by atoms with Crippen LogP contribution < -0.4 is 5.14 Å². The van der Waals surface area contributed by atoms with Gasteiger partial charge in [0.2, 0.25) is 0 Å². The fourth-order valence-corrected chi connectivity index (χ4v) is 4.28. The minimum atomic E-state index is -3.77. The van der Waals surface area contributed by atoms with Gasteiger partial charge in [-0.25, -0.2) is 5.14 Å². The van der Waals surface area contributed by atoms with Crippen LogP contribution in [-0.4, -0.2) is 34.0 Å². The van der Waals surface area contributed by atoms with Crippen LogP contribution in [0.2, 0.25) is 10.0 Å². The third-order valence-corrected chi connectivity index (χ3v) is 6.09. The van der Waals surface area contributed by atoms with Gasteiger partial charge >= 0.3 is 0 Å². The highest BCUT2D eigenvalue weighted by Gasteiger charge is 2.30. The Hall–Kier alpha value is -1.58. The number of nitrogens with one attached hydrogen (secondary N) is 1. The maximum absolute atomic E-state index is 11.8. The zero-order chi connectivity index (χ0) is 17.1. The fourth-order valence-electron chi connectivity index (χ4n) is 3.23. The van der Waals surface area contributed by atoms with Crippen LogP contribution in [0.15, 0.2) is 24.5 Å². The number of fused-ring (bicyclic) bond motifs is 3. The lowest BCUT2D eigenvalue weighted by Gasteiger charge is -2.27. The minimum Gasteiger partial charge on any atom is -0.340 e. The quantitative estimate of drug-likeness (QED) is 0.708. The van der Waals surface area contributed by atoms with Gasteiger partial charge in [-0.05, 0) is 6.07 Å². The molecule has 0 aliphatic carbocycles. The first-order valence-corrected chi connectivity index (χ1v) is 9.40. The summed E-state index contributed by atoms with van der Waals surface area (Å²) >= 11 is 12.6. The van der Waals surface area contributed by atoms with Gasteiger partial charge in [-0.15, -0.1) is 0 Å². The van der Waals surface area contributed by atoms with E-state index in [0.717, 1.165) is 27.7 Å². The Balaban J connectivity index is 2.05. The zero-order valence-corrected chi connectivity index (χ0v) is 14.7. The van der Waals surface area contributed by atoms with E-state index >= 15 is 0 Å². The number of halogens is 2. The Labute approximate surface area is 148 Å². The van der Waals surface area contributed by atoms with Crippen molar-refractivity contribution in [3.63, 3.8) is 0 Å². The van der Waals surface area contributed by atoms with Gasteiger partial charge in [-0.3, -0.25) is 5.10 Å². The molecule has 3 heterocycles. The second-order valence-corrected chi connectivity index (χ2v) is 7.93. The Morgan fingerprint density at radius 3 is 2.71 bits per heavy atom. The normalized spacial score (nSPS) is 15.8. The molecule has 0 radical (unpaired) electrons. The summed E-state index contributed by atoms with van der Waals surface area (Å²) in [5.74, 6) is 0. The van der Waals surface area contributed by atoms with Gasteiger partial charge in [0, 0.05) is 41.5 Å². The molecule has 2 aromatic heterocycles. The van der Waals surface area contributed by atoms with E-state index in [2.05, 4.69) is 10.2 Å². The maximum atomic E-state index is 11.8. The molecule has 0 atom stereocenters. The molecule has 24 heavy (non-hydrogen) atoms. The predicted molar refractivity (Wildman–Crippen MR) is 93.1 cm³/mol. The number of hydrogen-bond acceptors (Lipinski definition) is 3. The molecule has 1 aliphatic heterocycles. The number of aromatic nitrogens is 3. The van der Waals surface area contributed by atoms with Gasteiger partial charge in [0.1, 0.15) is 0 Å². The molecule has 1 aromatic carbocycles. The average Bonchev–Trinajstić information content (AvgIpc) is 3.14. The summed E-state index contributed by atoms with van der Waals surface area (Å²) in [6.45, 7) is 0.894. The third-order valence-electron chi connectivity index (χ3n) is 4.27. The molecule has 3 N–H and O–H groups in total. The monoisotopic (exact) mass is 385 g/mol. The van der Waals surface area contributed by atoms with Crippen molar-refractivity contribution in [2.45, 2.75) is 13.1 Å². The summed E-state index contributed by atoms with van der Waals surface area (Å²) in [5, 5.41) is 13.9. The molecule has 0 amide bonds. The molecule has 0 spiro atoms. The largest absolute Gasteiger partial charge is 0.340 e. The van der Waals surface area contributed by atoms with E-state index in [1.165, 1.54) is 4.31 Å². The second kappa shape index (κ2) is 5.47. The van der Waals surface area contributed by atoms with E-state index < -0.39 is 10.2 Å². The number of hydrogen-bond donors (Lipinski definition) is 2. The molecule has 0 fully saturated rings. The van der Waals surface area contributed by atoms with E-state index in [-0.39, 0.29) is 13.1 Å². The topological polar surface area (TPSA) is 97.0 Å². The SMILES string of the molecule is NS(=O)(=O)N1CCn2c(c(-c3cn[nH]c3)c3ccc(Cl)c(Cl)c32)C1. The van der Waals surface area contributed by atoms with Crippen molar-refractivity contribution in [2.75, 3.05) is 6.54 Å². The van der Waals surface area contributed by atoms with Crippen molar-refractivity contribution >= 4 is 44.3 Å². The van der Waals surface area contributed by atoms with E-state index in [0.29, 0.717) is 16.6 Å². The number of benzene rings is 1. The number of H-pyrrole nitrogens is 1. The number of nitrogens with zero attached hydrogens (tertiary/aromatic N) is 3. The first kappa shape index (κ1) is 15.9. The molecule has 0 saturated carbocycles. The average molecular weight is 386 g/mol. The van der Waals surface area contributed by atoms with Crippen molar-refractivity contribution in [1.82, 2.24) is 19.1 Å². The van der Waals surface area contributed by atoms with Crippen LogP contribution >= 0.6 is 23.2 Å². The van der Waals surface area contributed by atoms with Gasteiger partial charge in [0.15, 0.2) is 0 Å². The Kier molecular flexibility index (Phi) is 3.63. The molecular weight excluding hydrogens is 373 g/mol. The van der Waals surface area contributed by atoms with Gasteiger partial charge < -0.3 is 4.57 Å². The lowest BCUT2D eigenvalue weighted by atomic mass is 10.0. The molecular formula is C14H13Cl2N5O2S. The van der Waals surface area contributed by atoms with Gasteiger partial charge in [-0.2, -0.15) is 17.8 Å². The van der Waals surface area contributed by atoms with Gasteiger partial charge in [0.25, 0.3) is 10.2 Å². The highest BCUT2D eigenvalue weighted by atomic mass is 35.5. The molecule has 10 heteroatoms. The summed E-state index contributed by atoms with van der Waals surface area (Å²) in [5.41, 5.74) is 3.34. The first-order valence-electron chi connectivity index (χ1n) is 7.14. The molecule has 126 valence electrons. The number of nitrogens with two attached hydrogens (primary N) is 1. The van der Waals surface area contributed by atoms with Crippen LogP contribution in [0.25, 0.3) is 22.0 Å². The third kappa shape index (κ3) is 2.34. The molecule has 3 aromatic rings. The fraction of sp³-hybridized carbons (Fsp3) is 0.214. The van der Waals surface area contributed by atoms with Crippen molar-refractivity contribution in [1.29, 1.82) is 0 Å². The van der Waals surface area contributed by atoms with Crippen LogP contribution in [0.1, 0.15) is 5.69 Å². The van der Waals surface area contributed by atoms with Crippen LogP contribution in [0.3, 0.4) is 0 Å². The number of aromatic amines is 1. The lowest BCUT2D eigenvalue weighted by molar-refractivity contribution is 0.346. The molecule has 4 rings (SSSR count). The predicted octanol–water partition coefficient (Wildman–Crippen LogP) is 2.36. The summed E-state index contributed by atoms with van der Waals surface area (Å²) in [6, 6.07) is 3.62. The van der Waals surface area contributed by atoms with Crippen molar-refractivity contribution < 1.29 is 8.42 Å². The standard InChI is InChI=1S/C14H13Cl2N5O2S/c15-10-2-1-9-12(8-5-18-19-6-8)11-7-20(24(17,22)23)3-4-21(11)14(9)13(10)16/h1-2,5-6H,3-4,7H2,(H,18,19)(H2,17,22,23). The van der Waals surface area contributed by atoms with Gasteiger partial charge in [-0.1, -0.05) is 29.3 Å². The molecule has 1 aliphatic rings. The van der Waals surface area contributed by atoms with E-state index in [4.69, 9.17) is 28.3 Å². The summed E-state index contributed by atoms with van der Waals surface area (Å²) in [6.07, 6.45) is 3.45. The van der Waals surface area contributed by atoms with E-state index in [1.807, 2.05) is 10.6 Å².